The predicted molar refractivity (Wildman–Crippen MR) is 168 cm³/mol. The molecule has 0 aromatic heterocycles. The lowest BCUT2D eigenvalue weighted by Gasteiger charge is -2.42. The molecule has 0 spiro atoms. The van der Waals surface area contributed by atoms with E-state index in [2.05, 4.69) is 6.92 Å². The van der Waals surface area contributed by atoms with Gasteiger partial charge in [0.25, 0.3) is 0 Å². The first-order valence-electron chi connectivity index (χ1n) is 15.9. The second kappa shape index (κ2) is 21.8. The van der Waals surface area contributed by atoms with Gasteiger partial charge in [-0.05, 0) is 13.3 Å². The summed E-state index contributed by atoms with van der Waals surface area (Å²) in [5.74, 6) is -3.24. The Labute approximate surface area is 263 Å². The van der Waals surface area contributed by atoms with E-state index in [-0.39, 0.29) is 65.4 Å². The number of sulfonamides is 1. The Bertz CT molecular complexity index is 954. The zero-order chi connectivity index (χ0) is 33.1. The second-order valence-electron chi connectivity index (χ2n) is 12.0. The standard InChI is InChI=1S/C29H57N5O9S/c1-4-5-6-7-8-9-10-11-12-13-34(44(3,42)43)26-21-32(20-25(2)35)17-16-30(22-27(36)37)14-15-31(23-28(38)39)18-19-33(26)24-29(40)41/h25-26,35H,4-24H2,1-3H3,(H,36,37)(H,38,39)(H,40,41). The number of carboxylic acids is 3. The van der Waals surface area contributed by atoms with Gasteiger partial charge in [-0.3, -0.25) is 34.0 Å². The number of hydrogen-bond donors (Lipinski definition) is 4. The van der Waals surface area contributed by atoms with E-state index in [4.69, 9.17) is 0 Å². The average molecular weight is 652 g/mol. The smallest absolute Gasteiger partial charge is 0.317 e. The number of aliphatic hydroxyl groups is 1. The zero-order valence-electron chi connectivity index (χ0n) is 27.0. The van der Waals surface area contributed by atoms with Crippen molar-refractivity contribution in [3.63, 3.8) is 0 Å². The van der Waals surface area contributed by atoms with Crippen LogP contribution in [0.2, 0.25) is 0 Å². The van der Waals surface area contributed by atoms with E-state index in [1.165, 1.54) is 30.0 Å². The molecule has 1 saturated heterocycles. The predicted octanol–water partition coefficient (Wildman–Crippen LogP) is 0.961. The normalized spacial score (nSPS) is 19.8. The van der Waals surface area contributed by atoms with Crippen LogP contribution >= 0.6 is 0 Å². The molecule has 0 radical (unpaired) electrons. The van der Waals surface area contributed by atoms with Gasteiger partial charge in [-0.15, -0.1) is 0 Å². The SMILES string of the molecule is CCCCCCCCCCCN(C1CN(CC(C)O)CCN(CC(=O)O)CCN(CC(=O)O)CCN1CC(=O)O)S(C)(=O)=O. The molecule has 1 aliphatic heterocycles. The van der Waals surface area contributed by atoms with Gasteiger partial charge < -0.3 is 20.4 Å². The fraction of sp³-hybridized carbons (Fsp3) is 0.897. The van der Waals surface area contributed by atoms with E-state index in [0.29, 0.717) is 13.0 Å². The maximum Gasteiger partial charge on any atom is 0.317 e. The number of rotatable bonds is 20. The van der Waals surface area contributed by atoms with E-state index >= 15 is 0 Å². The van der Waals surface area contributed by atoms with Crippen LogP contribution in [-0.4, -0.2) is 168 Å². The number of aliphatic carboxylic acids is 3. The number of β-amino-alcohol motifs (C(OH)–C–C–N with tert-alkyl or cyclic N) is 1. The highest BCUT2D eigenvalue weighted by Crippen LogP contribution is 2.18. The Morgan fingerprint density at radius 2 is 1.16 bits per heavy atom. The summed E-state index contributed by atoms with van der Waals surface area (Å²) in [5, 5.41) is 39.0. The van der Waals surface area contributed by atoms with Gasteiger partial charge in [0.15, 0.2) is 0 Å². The first kappa shape index (κ1) is 40.1. The Morgan fingerprint density at radius 1 is 0.727 bits per heavy atom. The Hall–Kier alpha value is -1.88. The monoisotopic (exact) mass is 651 g/mol. The first-order valence-corrected chi connectivity index (χ1v) is 17.8. The van der Waals surface area contributed by atoms with Crippen LogP contribution in [0.1, 0.15) is 71.6 Å². The van der Waals surface area contributed by atoms with Crippen LogP contribution in [0, 0.1) is 0 Å². The van der Waals surface area contributed by atoms with E-state index in [9.17, 15) is 43.2 Å². The molecule has 0 saturated carbocycles. The molecule has 14 nitrogen and oxygen atoms in total. The van der Waals surface area contributed by atoms with E-state index in [1.54, 1.807) is 21.6 Å². The van der Waals surface area contributed by atoms with Gasteiger partial charge in [-0.2, -0.15) is 4.31 Å². The maximum absolute atomic E-state index is 13.2. The van der Waals surface area contributed by atoms with Gasteiger partial charge in [-0.25, -0.2) is 8.42 Å². The number of carboxylic acid groups (broad SMARTS) is 3. The van der Waals surface area contributed by atoms with Crippen molar-refractivity contribution in [2.75, 3.05) is 84.8 Å². The van der Waals surface area contributed by atoms with Crippen molar-refractivity contribution in [2.45, 2.75) is 83.9 Å². The van der Waals surface area contributed by atoms with Gasteiger partial charge in [0, 0.05) is 58.9 Å². The summed E-state index contributed by atoms with van der Waals surface area (Å²) in [7, 11) is -3.80. The molecule has 4 N–H and O–H groups in total. The van der Waals surface area contributed by atoms with Crippen molar-refractivity contribution in [3.8, 4) is 0 Å². The molecule has 15 heteroatoms. The van der Waals surface area contributed by atoms with Crippen LogP contribution < -0.4 is 0 Å². The molecule has 258 valence electrons. The highest BCUT2D eigenvalue weighted by molar-refractivity contribution is 7.88. The molecule has 0 aliphatic carbocycles. The summed E-state index contributed by atoms with van der Waals surface area (Å²) in [5.41, 5.74) is 0. The summed E-state index contributed by atoms with van der Waals surface area (Å²) < 4.78 is 27.8. The second-order valence-corrected chi connectivity index (χ2v) is 13.9. The highest BCUT2D eigenvalue weighted by Gasteiger charge is 2.35. The van der Waals surface area contributed by atoms with Gasteiger partial charge in [-0.1, -0.05) is 58.3 Å². The molecule has 2 unspecified atom stereocenters. The summed E-state index contributed by atoms with van der Waals surface area (Å²) in [6.07, 6.45) is 8.92. The minimum absolute atomic E-state index is 0.0788. The number of aliphatic hydroxyl groups excluding tert-OH is 1. The van der Waals surface area contributed by atoms with Crippen LogP contribution in [0.4, 0.5) is 0 Å². The molecular formula is C29H57N5O9S. The number of unbranched alkanes of at least 4 members (excludes halogenated alkanes) is 8. The van der Waals surface area contributed by atoms with Crippen molar-refractivity contribution < 1.29 is 43.2 Å². The average Bonchev–Trinajstić information content (AvgIpc) is 2.89. The largest absolute Gasteiger partial charge is 0.480 e. The van der Waals surface area contributed by atoms with E-state index < -0.39 is 46.7 Å². The molecule has 1 aliphatic rings. The zero-order valence-corrected chi connectivity index (χ0v) is 27.8. The molecule has 1 fully saturated rings. The van der Waals surface area contributed by atoms with E-state index in [1.807, 2.05) is 4.90 Å². The van der Waals surface area contributed by atoms with Gasteiger partial charge in [0.05, 0.1) is 38.2 Å². The van der Waals surface area contributed by atoms with E-state index in [0.717, 1.165) is 31.9 Å². The fourth-order valence-electron chi connectivity index (χ4n) is 5.63. The molecule has 0 aromatic carbocycles. The van der Waals surface area contributed by atoms with Crippen molar-refractivity contribution >= 4 is 27.9 Å². The Balaban J connectivity index is 3.32. The number of nitrogens with zero attached hydrogens (tertiary/aromatic N) is 5. The summed E-state index contributed by atoms with van der Waals surface area (Å²) in [6.45, 7) is 4.51. The van der Waals surface area contributed by atoms with Crippen LogP contribution in [-0.2, 0) is 24.4 Å². The molecule has 0 amide bonds. The van der Waals surface area contributed by atoms with Crippen molar-refractivity contribution in [2.24, 2.45) is 0 Å². The van der Waals surface area contributed by atoms with Gasteiger partial charge >= 0.3 is 17.9 Å². The van der Waals surface area contributed by atoms with Crippen molar-refractivity contribution in [3.05, 3.63) is 0 Å². The van der Waals surface area contributed by atoms with Crippen LogP contribution in [0.5, 0.6) is 0 Å². The van der Waals surface area contributed by atoms with Crippen LogP contribution in [0.3, 0.4) is 0 Å². The molecule has 0 bridgehead atoms. The van der Waals surface area contributed by atoms with Crippen LogP contribution in [0.25, 0.3) is 0 Å². The third kappa shape index (κ3) is 18.2. The highest BCUT2D eigenvalue weighted by atomic mass is 32.2. The summed E-state index contributed by atoms with van der Waals surface area (Å²) >= 11 is 0. The Kier molecular flexibility index (Phi) is 19.9. The Morgan fingerprint density at radius 3 is 1.59 bits per heavy atom. The first-order chi connectivity index (χ1) is 20.7. The molecule has 1 rings (SSSR count). The molecule has 2 atom stereocenters. The fourth-order valence-corrected chi connectivity index (χ4v) is 6.73. The molecule has 0 aromatic rings. The maximum atomic E-state index is 13.2. The quantitative estimate of drug-likeness (QED) is 0.137. The molecule has 1 heterocycles. The van der Waals surface area contributed by atoms with Crippen LogP contribution in [0.15, 0.2) is 0 Å². The number of carbonyl (C=O) groups is 3. The lowest BCUT2D eigenvalue weighted by Crippen LogP contribution is -2.60. The minimum Gasteiger partial charge on any atom is -0.480 e. The third-order valence-electron chi connectivity index (χ3n) is 7.83. The van der Waals surface area contributed by atoms with Crippen molar-refractivity contribution in [1.29, 1.82) is 0 Å². The lowest BCUT2D eigenvalue weighted by atomic mass is 10.1. The lowest BCUT2D eigenvalue weighted by molar-refractivity contribution is -0.141. The van der Waals surface area contributed by atoms with Gasteiger partial charge in [0.2, 0.25) is 10.0 Å². The number of hydrogen-bond acceptors (Lipinski definition) is 10. The van der Waals surface area contributed by atoms with Gasteiger partial charge in [0.1, 0.15) is 0 Å². The minimum atomic E-state index is -3.80. The summed E-state index contributed by atoms with van der Waals surface area (Å²) in [4.78, 5) is 41.9. The molecule has 44 heavy (non-hydrogen) atoms. The van der Waals surface area contributed by atoms with Crippen molar-refractivity contribution in [1.82, 2.24) is 23.9 Å². The third-order valence-corrected chi connectivity index (χ3v) is 9.11. The topological polar surface area (TPSA) is 182 Å². The summed E-state index contributed by atoms with van der Waals surface area (Å²) in [6, 6.07) is 0. The molecular weight excluding hydrogens is 594 g/mol.